The SMILES string of the molecule is Fc1cc(F)c(F)c(NNc2cc(-c3cccnc3)nc(NC3CC3)n2)c1F. The van der Waals surface area contributed by atoms with Gasteiger partial charge in [-0.3, -0.25) is 15.8 Å². The van der Waals surface area contributed by atoms with Crippen LogP contribution in [0.2, 0.25) is 0 Å². The van der Waals surface area contributed by atoms with E-state index in [1.165, 1.54) is 6.07 Å². The molecule has 0 atom stereocenters. The number of halogens is 4. The third-order valence-corrected chi connectivity index (χ3v) is 4.02. The molecule has 28 heavy (non-hydrogen) atoms. The van der Waals surface area contributed by atoms with Gasteiger partial charge in [-0.2, -0.15) is 4.98 Å². The average molecular weight is 390 g/mol. The number of hydrazine groups is 1. The van der Waals surface area contributed by atoms with Crippen LogP contribution in [0.5, 0.6) is 0 Å². The van der Waals surface area contributed by atoms with Crippen LogP contribution in [0.3, 0.4) is 0 Å². The molecule has 2 aromatic heterocycles. The molecule has 10 heteroatoms. The normalized spacial score (nSPS) is 13.3. The van der Waals surface area contributed by atoms with Crippen LogP contribution in [-0.4, -0.2) is 21.0 Å². The van der Waals surface area contributed by atoms with Gasteiger partial charge in [-0.05, 0) is 25.0 Å². The van der Waals surface area contributed by atoms with Crippen LogP contribution in [0, 0.1) is 23.3 Å². The lowest BCUT2D eigenvalue weighted by atomic mass is 10.2. The van der Waals surface area contributed by atoms with E-state index in [1.54, 1.807) is 24.5 Å². The summed E-state index contributed by atoms with van der Waals surface area (Å²) in [6.07, 6.45) is 5.18. The van der Waals surface area contributed by atoms with Crippen molar-refractivity contribution in [2.24, 2.45) is 0 Å². The molecule has 4 rings (SSSR count). The van der Waals surface area contributed by atoms with Gasteiger partial charge < -0.3 is 5.32 Å². The van der Waals surface area contributed by atoms with Crippen molar-refractivity contribution >= 4 is 17.5 Å². The van der Waals surface area contributed by atoms with E-state index in [1.807, 2.05) is 0 Å². The van der Waals surface area contributed by atoms with E-state index in [2.05, 4.69) is 31.1 Å². The molecular formula is C18H14F4N6. The molecule has 0 amide bonds. The van der Waals surface area contributed by atoms with Gasteiger partial charge in [0.25, 0.3) is 0 Å². The Kier molecular flexibility index (Phi) is 4.68. The molecule has 2 heterocycles. The molecule has 0 aliphatic heterocycles. The first-order valence-electron chi connectivity index (χ1n) is 8.42. The smallest absolute Gasteiger partial charge is 0.225 e. The van der Waals surface area contributed by atoms with Crippen molar-refractivity contribution in [2.45, 2.75) is 18.9 Å². The summed E-state index contributed by atoms with van der Waals surface area (Å²) in [4.78, 5) is 12.6. The van der Waals surface area contributed by atoms with Crippen molar-refractivity contribution in [1.82, 2.24) is 15.0 Å². The first-order valence-corrected chi connectivity index (χ1v) is 8.42. The van der Waals surface area contributed by atoms with Gasteiger partial charge in [0.1, 0.15) is 5.69 Å². The minimum absolute atomic E-state index is 0.138. The zero-order valence-corrected chi connectivity index (χ0v) is 14.3. The van der Waals surface area contributed by atoms with E-state index < -0.39 is 29.0 Å². The van der Waals surface area contributed by atoms with Crippen molar-refractivity contribution < 1.29 is 17.6 Å². The zero-order chi connectivity index (χ0) is 19.7. The Labute approximate surface area is 157 Å². The summed E-state index contributed by atoms with van der Waals surface area (Å²) in [5, 5.41) is 3.13. The summed E-state index contributed by atoms with van der Waals surface area (Å²) in [6.45, 7) is 0. The second kappa shape index (κ2) is 7.29. The van der Waals surface area contributed by atoms with Gasteiger partial charge in [-0.15, -0.1) is 0 Å². The number of hydrogen-bond acceptors (Lipinski definition) is 6. The molecule has 3 N–H and O–H groups in total. The lowest BCUT2D eigenvalue weighted by Crippen LogP contribution is -2.16. The van der Waals surface area contributed by atoms with Crippen molar-refractivity contribution in [3.63, 3.8) is 0 Å². The molecule has 1 aliphatic carbocycles. The maximum absolute atomic E-state index is 13.8. The number of nitrogens with zero attached hydrogens (tertiary/aromatic N) is 3. The van der Waals surface area contributed by atoms with Gasteiger partial charge in [-0.25, -0.2) is 22.5 Å². The van der Waals surface area contributed by atoms with E-state index in [9.17, 15) is 17.6 Å². The molecule has 3 aromatic rings. The number of rotatable bonds is 6. The highest BCUT2D eigenvalue weighted by Gasteiger charge is 2.23. The summed E-state index contributed by atoms with van der Waals surface area (Å²) in [7, 11) is 0. The number of anilines is 3. The molecular weight excluding hydrogens is 376 g/mol. The molecule has 0 bridgehead atoms. The van der Waals surface area contributed by atoms with Crippen molar-refractivity contribution in [1.29, 1.82) is 0 Å². The lowest BCUT2D eigenvalue weighted by Gasteiger charge is -2.14. The van der Waals surface area contributed by atoms with Crippen LogP contribution in [-0.2, 0) is 0 Å². The Balaban J connectivity index is 1.64. The Hall–Kier alpha value is -3.43. The number of aromatic nitrogens is 3. The van der Waals surface area contributed by atoms with E-state index >= 15 is 0 Å². The maximum Gasteiger partial charge on any atom is 0.225 e. The molecule has 6 nitrogen and oxygen atoms in total. The van der Waals surface area contributed by atoms with Crippen LogP contribution in [0.4, 0.5) is 35.0 Å². The van der Waals surface area contributed by atoms with Crippen molar-refractivity contribution in [3.8, 4) is 11.3 Å². The molecule has 1 fully saturated rings. The van der Waals surface area contributed by atoms with Crippen molar-refractivity contribution in [3.05, 3.63) is 59.9 Å². The number of pyridine rings is 1. The molecule has 144 valence electrons. The molecule has 0 radical (unpaired) electrons. The van der Waals surface area contributed by atoms with Crippen LogP contribution in [0.25, 0.3) is 11.3 Å². The minimum Gasteiger partial charge on any atom is -0.351 e. The Bertz CT molecular complexity index is 984. The topological polar surface area (TPSA) is 74.8 Å². The first kappa shape index (κ1) is 18.0. The van der Waals surface area contributed by atoms with E-state index in [0.717, 1.165) is 12.8 Å². The minimum atomic E-state index is -1.55. The van der Waals surface area contributed by atoms with E-state index in [4.69, 9.17) is 0 Å². The quantitative estimate of drug-likeness (QED) is 0.334. The summed E-state index contributed by atoms with van der Waals surface area (Å²) >= 11 is 0. The summed E-state index contributed by atoms with van der Waals surface area (Å²) < 4.78 is 54.3. The molecule has 1 saturated carbocycles. The predicted octanol–water partition coefficient (Wildman–Crippen LogP) is 4.11. The number of benzene rings is 1. The summed E-state index contributed by atoms with van der Waals surface area (Å²) in [5.74, 6) is -5.69. The third kappa shape index (κ3) is 3.80. The Morgan fingerprint density at radius 3 is 2.32 bits per heavy atom. The highest BCUT2D eigenvalue weighted by Crippen LogP contribution is 2.27. The summed E-state index contributed by atoms with van der Waals surface area (Å²) in [5.41, 5.74) is 4.81. The molecule has 0 saturated heterocycles. The fourth-order valence-corrected chi connectivity index (χ4v) is 2.46. The Morgan fingerprint density at radius 1 is 0.929 bits per heavy atom. The zero-order valence-electron chi connectivity index (χ0n) is 14.3. The average Bonchev–Trinajstić information content (AvgIpc) is 3.51. The highest BCUT2D eigenvalue weighted by atomic mass is 19.2. The van der Waals surface area contributed by atoms with Crippen molar-refractivity contribution in [2.75, 3.05) is 16.2 Å². The Morgan fingerprint density at radius 2 is 1.68 bits per heavy atom. The number of hydrogen-bond donors (Lipinski definition) is 3. The molecule has 1 aliphatic rings. The fraction of sp³-hybridized carbons (Fsp3) is 0.167. The van der Waals surface area contributed by atoms with E-state index in [0.29, 0.717) is 17.2 Å². The van der Waals surface area contributed by atoms with Gasteiger partial charge in [0, 0.05) is 36.1 Å². The molecule has 0 unspecified atom stereocenters. The first-order chi connectivity index (χ1) is 13.5. The van der Waals surface area contributed by atoms with E-state index in [-0.39, 0.29) is 17.9 Å². The van der Waals surface area contributed by atoms with Gasteiger partial charge >= 0.3 is 0 Å². The third-order valence-electron chi connectivity index (χ3n) is 4.02. The highest BCUT2D eigenvalue weighted by molar-refractivity contribution is 5.64. The maximum atomic E-state index is 13.8. The standard InChI is InChI=1S/C18H14F4N6/c19-11-6-12(20)16(22)17(15(11)21)28-27-14-7-13(9-2-1-5-23-8-9)25-18(26-14)24-10-3-4-10/h1-2,5-8,10,28H,3-4H2,(H2,24,25,26,27). The summed E-state index contributed by atoms with van der Waals surface area (Å²) in [6, 6.07) is 5.43. The second-order valence-corrected chi connectivity index (χ2v) is 6.22. The van der Waals surface area contributed by atoms with Crippen LogP contribution < -0.4 is 16.2 Å². The fourth-order valence-electron chi connectivity index (χ4n) is 2.46. The monoisotopic (exact) mass is 390 g/mol. The van der Waals surface area contributed by atoms with Crippen LogP contribution in [0.15, 0.2) is 36.7 Å². The lowest BCUT2D eigenvalue weighted by molar-refractivity contribution is 0.459. The molecule has 1 aromatic carbocycles. The number of nitrogens with one attached hydrogen (secondary N) is 3. The molecule has 0 spiro atoms. The van der Waals surface area contributed by atoms with Gasteiger partial charge in [0.15, 0.2) is 29.1 Å². The van der Waals surface area contributed by atoms with Crippen LogP contribution in [0.1, 0.15) is 12.8 Å². The van der Waals surface area contributed by atoms with Crippen LogP contribution >= 0.6 is 0 Å². The van der Waals surface area contributed by atoms with Gasteiger partial charge in [-0.1, -0.05) is 0 Å². The largest absolute Gasteiger partial charge is 0.351 e. The van der Waals surface area contributed by atoms with Gasteiger partial charge in [0.05, 0.1) is 5.69 Å². The second-order valence-electron chi connectivity index (χ2n) is 6.22. The predicted molar refractivity (Wildman–Crippen MR) is 95.4 cm³/mol. The van der Waals surface area contributed by atoms with Gasteiger partial charge in [0.2, 0.25) is 5.95 Å².